The molecule has 4 aliphatic rings. The number of aliphatic imine (C=N–C) groups is 1. The number of thiazole rings is 1. The van der Waals surface area contributed by atoms with Crippen LogP contribution >= 0.6 is 34.9 Å². The number of aromatic nitrogens is 1. The minimum absolute atomic E-state index is 0.0255. The van der Waals surface area contributed by atoms with E-state index in [0.717, 1.165) is 46.1 Å². The van der Waals surface area contributed by atoms with Gasteiger partial charge in [0.15, 0.2) is 16.7 Å². The number of nitrogens with one attached hydrogen (secondary N) is 3. The third-order valence-electron chi connectivity index (χ3n) is 7.45. The fourth-order valence-corrected chi connectivity index (χ4v) is 8.10. The Labute approximate surface area is 288 Å². The zero-order valence-corrected chi connectivity index (χ0v) is 28.3. The predicted octanol–water partition coefficient (Wildman–Crippen LogP) is -0.283. The van der Waals surface area contributed by atoms with Crippen LogP contribution < -0.4 is 27.9 Å². The number of alkyl halides is 3. The summed E-state index contributed by atoms with van der Waals surface area (Å²) in [4.78, 5) is 66.2. The second-order valence-electron chi connectivity index (χ2n) is 11.4. The van der Waals surface area contributed by atoms with Gasteiger partial charge in [-0.2, -0.15) is 0 Å². The van der Waals surface area contributed by atoms with Crippen LogP contribution in [0.25, 0.3) is 0 Å². The molecule has 1 aromatic rings. The molecule has 49 heavy (non-hydrogen) atoms. The molecule has 5 rings (SSSR count). The number of oxime groups is 1. The largest absolute Gasteiger partial charge is 0.500 e. The quantitative estimate of drug-likeness (QED) is 0.0426. The van der Waals surface area contributed by atoms with Crippen LogP contribution in [0.15, 0.2) is 39.3 Å². The van der Waals surface area contributed by atoms with Crippen LogP contribution in [0.2, 0.25) is 0 Å². The maximum atomic E-state index is 13.4. The van der Waals surface area contributed by atoms with Gasteiger partial charge < -0.3 is 30.6 Å². The molecule has 3 amide bonds. The monoisotopic (exact) mass is 749 g/mol. The highest BCUT2D eigenvalue weighted by Gasteiger charge is 2.58. The highest BCUT2D eigenvalue weighted by atomic mass is 32.2. The lowest BCUT2D eigenvalue weighted by Gasteiger charge is -2.53. The first kappa shape index (κ1) is 36.2. The van der Waals surface area contributed by atoms with E-state index in [1.165, 1.54) is 37.3 Å². The number of hydrogen-bond donors (Lipinski definition) is 6. The maximum absolute atomic E-state index is 13.4. The average Bonchev–Trinajstić information content (AvgIpc) is 3.69. The van der Waals surface area contributed by atoms with E-state index in [0.29, 0.717) is 5.70 Å². The molecule has 4 aliphatic heterocycles. The van der Waals surface area contributed by atoms with Gasteiger partial charge in [0, 0.05) is 30.5 Å². The Balaban J connectivity index is 1.27. The van der Waals surface area contributed by atoms with Crippen molar-refractivity contribution < 1.29 is 47.0 Å². The van der Waals surface area contributed by atoms with Crippen molar-refractivity contribution >= 4 is 74.4 Å². The number of nitrogens with two attached hydrogens (primary N) is 2. The van der Waals surface area contributed by atoms with Crippen LogP contribution in [0.1, 0.15) is 19.5 Å². The SMILES string of the molecule is COCC1=CC(SCC2(C(=O)O)CS[C@@H]3C(NC(=O)C(=NOC(C)(C)C(=O)NN)c4csc(N)n4)C(=O)N3C2)=NC2=CN(C(F)(F)F)NN12. The molecular formula is C25H30F3N11O7S3. The summed E-state index contributed by atoms with van der Waals surface area (Å²) in [7, 11) is 1.37. The van der Waals surface area contributed by atoms with Crippen molar-refractivity contribution in [3.05, 3.63) is 34.9 Å². The number of carbonyl (C=O) groups is 4. The lowest BCUT2D eigenvalue weighted by molar-refractivity contribution is -0.251. The molecule has 3 atom stereocenters. The summed E-state index contributed by atoms with van der Waals surface area (Å²) in [5, 5.41) is 18.9. The van der Waals surface area contributed by atoms with Gasteiger partial charge in [0.05, 0.1) is 18.5 Å². The molecule has 1 aromatic heterocycles. The standard InChI is InChI=1S/C25H30F3N11O7S3/c1-23(2,20(42)34-30)46-35-15(12-7-47-22(29)31-12)17(40)33-16-18(41)37-8-24(21(43)44,10-49-19(16)37)9-48-14-4-11(6-45-3)39-13(32-14)5-38(36-39)25(26,27)28/h4-5,7,16,19,36H,6,8-10,30H2,1-3H3,(H2,29,31)(H,33,40)(H,34,42)(H,43,44)/t16?,19-,24?/m1/s1. The van der Waals surface area contributed by atoms with Crippen LogP contribution in [-0.4, -0.2) is 115 Å². The van der Waals surface area contributed by atoms with Crippen LogP contribution in [0.3, 0.4) is 0 Å². The average molecular weight is 750 g/mol. The summed E-state index contributed by atoms with van der Waals surface area (Å²) in [5.41, 5.74) is 6.74. The molecule has 2 fully saturated rings. The minimum Gasteiger partial charge on any atom is -0.481 e. The zero-order valence-electron chi connectivity index (χ0n) is 25.8. The molecule has 0 bridgehead atoms. The molecule has 0 saturated carbocycles. The Hall–Kier alpha value is -4.10. The number of ether oxygens (including phenoxy) is 1. The second kappa shape index (κ2) is 13.7. The fraction of sp³-hybridized carbons (Fsp3) is 0.480. The van der Waals surface area contributed by atoms with E-state index in [-0.39, 0.29) is 57.1 Å². The number of halogens is 3. The number of carboxylic acid groups (broad SMARTS) is 1. The Morgan fingerprint density at radius 1 is 1.33 bits per heavy atom. The molecule has 8 N–H and O–H groups in total. The number of methoxy groups -OCH3 is 1. The number of nitrogen functional groups attached to an aromatic ring is 1. The van der Waals surface area contributed by atoms with E-state index in [9.17, 15) is 37.5 Å². The van der Waals surface area contributed by atoms with E-state index in [1.54, 1.807) is 0 Å². The number of anilines is 1. The lowest BCUT2D eigenvalue weighted by Crippen LogP contribution is -2.74. The smallest absolute Gasteiger partial charge is 0.481 e. The number of carbonyl (C=O) groups excluding carboxylic acids is 3. The predicted molar refractivity (Wildman–Crippen MR) is 171 cm³/mol. The molecule has 0 spiro atoms. The molecule has 0 aromatic carbocycles. The second-order valence-corrected chi connectivity index (χ2v) is 14.3. The number of rotatable bonds is 11. The van der Waals surface area contributed by atoms with Crippen molar-refractivity contribution in [2.75, 3.05) is 37.5 Å². The summed E-state index contributed by atoms with van der Waals surface area (Å²) in [6.45, 7) is 2.45. The number of hydrogen-bond acceptors (Lipinski definition) is 17. The molecule has 24 heteroatoms. The minimum atomic E-state index is -4.73. The summed E-state index contributed by atoms with van der Waals surface area (Å²) in [6.07, 6.45) is -2.49. The van der Waals surface area contributed by atoms with Gasteiger partial charge in [-0.15, -0.1) is 53.6 Å². The third kappa shape index (κ3) is 7.28. The van der Waals surface area contributed by atoms with Gasteiger partial charge >= 0.3 is 12.3 Å². The number of thioether (sulfide) groups is 2. The Morgan fingerprint density at radius 2 is 2.06 bits per heavy atom. The van der Waals surface area contributed by atoms with Crippen molar-refractivity contribution in [3.63, 3.8) is 0 Å². The van der Waals surface area contributed by atoms with Gasteiger partial charge in [0.1, 0.15) is 27.6 Å². The molecule has 266 valence electrons. The number of aliphatic carboxylic acids is 1. The van der Waals surface area contributed by atoms with Crippen molar-refractivity contribution in [1.82, 2.24) is 36.2 Å². The van der Waals surface area contributed by atoms with Crippen molar-refractivity contribution in [2.24, 2.45) is 21.4 Å². The van der Waals surface area contributed by atoms with Gasteiger partial charge in [0.2, 0.25) is 11.5 Å². The van der Waals surface area contributed by atoms with Gasteiger partial charge in [-0.25, -0.2) is 25.8 Å². The molecule has 2 saturated heterocycles. The normalized spacial score (nSPS) is 23.9. The molecule has 18 nitrogen and oxygen atoms in total. The van der Waals surface area contributed by atoms with E-state index in [1.807, 2.05) is 5.43 Å². The Kier molecular flexibility index (Phi) is 10.1. The van der Waals surface area contributed by atoms with Crippen LogP contribution in [-0.2, 0) is 28.8 Å². The summed E-state index contributed by atoms with van der Waals surface area (Å²) in [5.74, 6) is 1.73. The number of fused-ring (bicyclic) bond motifs is 2. The number of β-lactam (4-membered cyclic amide) rings is 1. The van der Waals surface area contributed by atoms with Gasteiger partial charge in [-0.05, 0) is 19.9 Å². The fourth-order valence-electron chi connectivity index (χ4n) is 4.77. The van der Waals surface area contributed by atoms with Crippen LogP contribution in [0.5, 0.6) is 0 Å². The summed E-state index contributed by atoms with van der Waals surface area (Å²) < 4.78 is 45.0. The zero-order chi connectivity index (χ0) is 35.9. The maximum Gasteiger partial charge on any atom is 0.500 e. The molecule has 0 radical (unpaired) electrons. The first-order valence-electron chi connectivity index (χ1n) is 14.0. The Bertz CT molecular complexity index is 1670. The van der Waals surface area contributed by atoms with Gasteiger partial charge in [-0.1, -0.05) is 5.16 Å². The molecule has 0 aliphatic carbocycles. The van der Waals surface area contributed by atoms with E-state index in [2.05, 4.69) is 26.0 Å². The summed E-state index contributed by atoms with van der Waals surface area (Å²) in [6, 6.07) is -1.05. The number of nitrogens with zero attached hydrogens (tertiary/aromatic N) is 6. The molecule has 2 unspecified atom stereocenters. The van der Waals surface area contributed by atoms with Crippen LogP contribution in [0, 0.1) is 5.41 Å². The highest BCUT2D eigenvalue weighted by Crippen LogP contribution is 2.44. The van der Waals surface area contributed by atoms with E-state index in [4.69, 9.17) is 21.2 Å². The van der Waals surface area contributed by atoms with E-state index >= 15 is 0 Å². The molecule has 5 heterocycles. The topological polar surface area (TPSA) is 242 Å². The van der Waals surface area contributed by atoms with Crippen molar-refractivity contribution in [1.29, 1.82) is 0 Å². The number of carboxylic acids is 1. The number of amides is 3. The highest BCUT2D eigenvalue weighted by molar-refractivity contribution is 8.14. The first-order chi connectivity index (χ1) is 23.0. The molecular weight excluding hydrogens is 720 g/mol. The third-order valence-corrected chi connectivity index (χ3v) is 10.9. The first-order valence-corrected chi connectivity index (χ1v) is 16.9. The van der Waals surface area contributed by atoms with Crippen molar-refractivity contribution in [2.45, 2.75) is 37.2 Å². The summed E-state index contributed by atoms with van der Waals surface area (Å²) >= 11 is 3.17. The van der Waals surface area contributed by atoms with Gasteiger partial charge in [0.25, 0.3) is 11.8 Å². The number of hydrazine groups is 3. The van der Waals surface area contributed by atoms with Crippen molar-refractivity contribution in [3.8, 4) is 0 Å². The lowest BCUT2D eigenvalue weighted by atomic mass is 9.89. The van der Waals surface area contributed by atoms with Gasteiger partial charge in [-0.3, -0.25) is 24.6 Å². The van der Waals surface area contributed by atoms with E-state index < -0.39 is 52.4 Å². The Morgan fingerprint density at radius 3 is 2.67 bits per heavy atom. The van der Waals surface area contributed by atoms with Crippen LogP contribution in [0.4, 0.5) is 18.3 Å².